The monoisotopic (exact) mass is 410 g/mol. The Kier molecular flexibility index (Phi) is 5.48. The molecule has 4 aliphatic carbocycles. The Labute approximate surface area is 174 Å². The number of hydrogen-bond donors (Lipinski definition) is 0. The molecule has 0 aromatic carbocycles. The van der Waals surface area contributed by atoms with Gasteiger partial charge in [0.1, 0.15) is 12.6 Å². The third-order valence-electron chi connectivity index (χ3n) is 9.06. The zero-order chi connectivity index (χ0) is 20.2. The Hall–Kier alpha value is -0.420. The predicted octanol–water partition coefficient (Wildman–Crippen LogP) is 4.94. The Balaban J connectivity index is 1.81. The van der Waals surface area contributed by atoms with Crippen LogP contribution in [-0.4, -0.2) is 39.0 Å². The Bertz CT molecular complexity index is 651. The van der Waals surface area contributed by atoms with E-state index in [-0.39, 0.29) is 35.7 Å². The first-order valence-corrected chi connectivity index (χ1v) is 11.3. The van der Waals surface area contributed by atoms with Gasteiger partial charge in [-0.3, -0.25) is 4.79 Å². The molecule has 8 atom stereocenters. The van der Waals surface area contributed by atoms with Crippen molar-refractivity contribution in [3.8, 4) is 0 Å². The highest BCUT2D eigenvalue weighted by molar-refractivity contribution is 6.25. The average Bonchev–Trinajstić information content (AvgIpc) is 3.33. The lowest BCUT2D eigenvalue weighted by molar-refractivity contribution is -0.182. The first-order valence-electron chi connectivity index (χ1n) is 10.8. The summed E-state index contributed by atoms with van der Waals surface area (Å²) >= 11 is 5.86. The van der Waals surface area contributed by atoms with Crippen molar-refractivity contribution in [1.29, 1.82) is 0 Å². The van der Waals surface area contributed by atoms with Gasteiger partial charge >= 0.3 is 0 Å². The third kappa shape index (κ3) is 2.78. The minimum absolute atomic E-state index is 0.0306. The quantitative estimate of drug-likeness (QED) is 0.581. The molecule has 0 saturated heterocycles. The smallest absolute Gasteiger partial charge is 0.146 e. The molecule has 1 spiro atoms. The maximum absolute atomic E-state index is 13.9. The molecule has 4 nitrogen and oxygen atoms in total. The molecule has 0 heterocycles. The summed E-state index contributed by atoms with van der Waals surface area (Å²) in [6.07, 6.45) is 9.33. The average molecular weight is 411 g/mol. The van der Waals surface area contributed by atoms with Crippen LogP contribution in [0.3, 0.4) is 0 Å². The maximum atomic E-state index is 13.9. The zero-order valence-electron chi connectivity index (χ0n) is 17.7. The van der Waals surface area contributed by atoms with Gasteiger partial charge in [-0.2, -0.15) is 0 Å². The number of ketones is 1. The van der Waals surface area contributed by atoms with E-state index in [9.17, 15) is 4.79 Å². The van der Waals surface area contributed by atoms with E-state index in [1.165, 1.54) is 12.8 Å². The summed E-state index contributed by atoms with van der Waals surface area (Å²) in [5.74, 6) is 1.53. The summed E-state index contributed by atoms with van der Waals surface area (Å²) in [6, 6.07) is 0. The lowest BCUT2D eigenvalue weighted by atomic mass is 9.50. The SMILES string of the molecule is COCO[C@@H]1C[C@@](C)(CC=CCl)C(=O)[C@H](C)C23CC[C@H]4C[C@]41C2[C@H](OC)CC3. The summed E-state index contributed by atoms with van der Waals surface area (Å²) in [5.41, 5.74) is 1.27. The number of Topliss-reactive ketones (excluding diaryl/α,β-unsaturated/α-hetero) is 1. The van der Waals surface area contributed by atoms with Gasteiger partial charge in [-0.1, -0.05) is 31.5 Å². The number of carbonyl (C=O) groups is 1. The van der Waals surface area contributed by atoms with Crippen molar-refractivity contribution in [2.24, 2.45) is 34.0 Å². The van der Waals surface area contributed by atoms with Crippen molar-refractivity contribution in [3.63, 3.8) is 0 Å². The number of allylic oxidation sites excluding steroid dienone is 1. The molecular weight excluding hydrogens is 376 g/mol. The third-order valence-corrected chi connectivity index (χ3v) is 9.23. The zero-order valence-corrected chi connectivity index (χ0v) is 18.5. The second-order valence-electron chi connectivity index (χ2n) is 10.1. The molecule has 0 N–H and O–H groups in total. The molecule has 2 unspecified atom stereocenters. The lowest BCUT2D eigenvalue weighted by Gasteiger charge is -2.55. The van der Waals surface area contributed by atoms with Gasteiger partial charge in [-0.05, 0) is 62.2 Å². The van der Waals surface area contributed by atoms with Crippen LogP contribution in [0.5, 0.6) is 0 Å². The molecule has 4 fully saturated rings. The highest BCUT2D eigenvalue weighted by Crippen LogP contribution is 2.78. The fourth-order valence-electron chi connectivity index (χ4n) is 7.71. The van der Waals surface area contributed by atoms with Gasteiger partial charge in [0.25, 0.3) is 0 Å². The van der Waals surface area contributed by atoms with Crippen LogP contribution in [-0.2, 0) is 19.0 Å². The van der Waals surface area contributed by atoms with Crippen LogP contribution < -0.4 is 0 Å². The van der Waals surface area contributed by atoms with Gasteiger partial charge < -0.3 is 14.2 Å². The Morgan fingerprint density at radius 1 is 1.21 bits per heavy atom. The lowest BCUT2D eigenvalue weighted by Crippen LogP contribution is -2.57. The molecule has 4 saturated carbocycles. The minimum atomic E-state index is -0.455. The molecule has 0 aromatic heterocycles. The van der Waals surface area contributed by atoms with Crippen molar-refractivity contribution in [2.45, 2.75) is 71.0 Å². The summed E-state index contributed by atoms with van der Waals surface area (Å²) in [5, 5.41) is 0. The van der Waals surface area contributed by atoms with Crippen LogP contribution in [0.15, 0.2) is 11.6 Å². The molecule has 158 valence electrons. The van der Waals surface area contributed by atoms with Gasteiger partial charge in [0.2, 0.25) is 0 Å². The summed E-state index contributed by atoms with van der Waals surface area (Å²) < 4.78 is 17.7. The largest absolute Gasteiger partial charge is 0.381 e. The molecule has 0 aliphatic heterocycles. The highest BCUT2D eigenvalue weighted by atomic mass is 35.5. The van der Waals surface area contributed by atoms with E-state index in [0.717, 1.165) is 25.7 Å². The fourth-order valence-corrected chi connectivity index (χ4v) is 7.80. The van der Waals surface area contributed by atoms with Crippen molar-refractivity contribution in [3.05, 3.63) is 11.6 Å². The van der Waals surface area contributed by atoms with E-state index < -0.39 is 5.41 Å². The van der Waals surface area contributed by atoms with Crippen molar-refractivity contribution in [1.82, 2.24) is 0 Å². The number of halogens is 1. The topological polar surface area (TPSA) is 44.8 Å². The van der Waals surface area contributed by atoms with Crippen LogP contribution in [0.25, 0.3) is 0 Å². The van der Waals surface area contributed by atoms with Gasteiger partial charge in [0, 0.05) is 36.5 Å². The number of rotatable bonds is 6. The molecule has 0 radical (unpaired) electrons. The van der Waals surface area contributed by atoms with Gasteiger partial charge in [-0.25, -0.2) is 0 Å². The van der Waals surface area contributed by atoms with E-state index in [1.807, 2.05) is 13.2 Å². The molecule has 5 heteroatoms. The first-order chi connectivity index (χ1) is 13.4. The van der Waals surface area contributed by atoms with Crippen LogP contribution in [0.1, 0.15) is 58.8 Å². The van der Waals surface area contributed by atoms with Crippen molar-refractivity contribution >= 4 is 17.4 Å². The van der Waals surface area contributed by atoms with Crippen LogP contribution >= 0.6 is 11.6 Å². The summed E-state index contributed by atoms with van der Waals surface area (Å²) in [7, 11) is 3.52. The summed E-state index contributed by atoms with van der Waals surface area (Å²) in [4.78, 5) is 13.9. The predicted molar refractivity (Wildman–Crippen MR) is 109 cm³/mol. The molecule has 28 heavy (non-hydrogen) atoms. The van der Waals surface area contributed by atoms with Crippen LogP contribution in [0, 0.1) is 34.0 Å². The van der Waals surface area contributed by atoms with Gasteiger partial charge in [0.15, 0.2) is 0 Å². The number of ether oxygens (including phenoxy) is 3. The number of carbonyl (C=O) groups excluding carboxylic acids is 1. The first kappa shape index (κ1) is 20.8. The second-order valence-corrected chi connectivity index (χ2v) is 10.3. The Morgan fingerprint density at radius 2 is 1.96 bits per heavy atom. The van der Waals surface area contributed by atoms with E-state index >= 15 is 0 Å². The molecule has 4 aliphatic rings. The van der Waals surface area contributed by atoms with E-state index in [2.05, 4.69) is 13.8 Å². The molecular formula is C23H35ClO4. The molecule has 4 rings (SSSR count). The molecule has 0 aromatic rings. The van der Waals surface area contributed by atoms with Gasteiger partial charge in [0.05, 0.1) is 12.2 Å². The normalized spacial score (nSPS) is 50.2. The Morgan fingerprint density at radius 3 is 2.64 bits per heavy atom. The van der Waals surface area contributed by atoms with Crippen LogP contribution in [0.2, 0.25) is 0 Å². The minimum Gasteiger partial charge on any atom is -0.381 e. The van der Waals surface area contributed by atoms with E-state index in [0.29, 0.717) is 24.0 Å². The van der Waals surface area contributed by atoms with E-state index in [4.69, 9.17) is 25.8 Å². The van der Waals surface area contributed by atoms with Crippen LogP contribution in [0.4, 0.5) is 0 Å². The number of hydrogen-bond acceptors (Lipinski definition) is 4. The van der Waals surface area contributed by atoms with E-state index in [1.54, 1.807) is 12.6 Å². The molecule has 2 bridgehead atoms. The maximum Gasteiger partial charge on any atom is 0.146 e. The standard InChI is InChI=1S/C23H35ClO4/c1-15-20(25)21(2,8-5-11-24)13-18(28-14-26-3)23-12-16(23)6-9-22(15)10-7-17(27-4)19(22)23/h5,11,15-19H,6-10,12-14H2,1-4H3/t15-,16-,17+,18+,19?,21+,22?,23-/m0/s1. The van der Waals surface area contributed by atoms with Crippen molar-refractivity contribution in [2.75, 3.05) is 21.0 Å². The highest BCUT2D eigenvalue weighted by Gasteiger charge is 2.76. The number of methoxy groups -OCH3 is 2. The van der Waals surface area contributed by atoms with Gasteiger partial charge in [-0.15, -0.1) is 0 Å². The summed E-state index contributed by atoms with van der Waals surface area (Å²) in [6.45, 7) is 4.60. The van der Waals surface area contributed by atoms with Crippen molar-refractivity contribution < 1.29 is 19.0 Å². The fraction of sp³-hybridized carbons (Fsp3) is 0.870. The molecule has 0 amide bonds. The second kappa shape index (κ2) is 7.37.